The van der Waals surface area contributed by atoms with Gasteiger partial charge >= 0.3 is 5.97 Å². The van der Waals surface area contributed by atoms with Crippen LogP contribution < -0.4 is 5.56 Å². The smallest absolute Gasteiger partial charge is 0.357 e. The van der Waals surface area contributed by atoms with E-state index in [-0.39, 0.29) is 22.9 Å². The summed E-state index contributed by atoms with van der Waals surface area (Å²) in [5, 5.41) is 2.80. The van der Waals surface area contributed by atoms with Gasteiger partial charge in [0, 0.05) is 24.2 Å². The second-order valence-corrected chi connectivity index (χ2v) is 5.79. The molecule has 0 bridgehead atoms. The van der Waals surface area contributed by atoms with Crippen molar-refractivity contribution >= 4 is 29.4 Å². The van der Waals surface area contributed by atoms with Crippen molar-refractivity contribution in [2.45, 2.75) is 6.92 Å². The summed E-state index contributed by atoms with van der Waals surface area (Å²) in [7, 11) is 0. The van der Waals surface area contributed by atoms with Crippen LogP contribution in [0.15, 0.2) is 64.6 Å². The maximum absolute atomic E-state index is 12.8. The number of aromatic amines is 1. The molecule has 0 unspecified atom stereocenters. The lowest BCUT2D eigenvalue weighted by molar-refractivity contribution is 0.0519. The average molecular weight is 380 g/mol. The first-order chi connectivity index (χ1) is 13.1. The molecule has 0 saturated carbocycles. The molecule has 3 rings (SSSR count). The number of para-hydroxylation sites is 1. The molecule has 3 aromatic rings. The Morgan fingerprint density at radius 2 is 2.07 bits per heavy atom. The monoisotopic (exact) mass is 380 g/mol. The quantitative estimate of drug-likeness (QED) is 0.417. The van der Waals surface area contributed by atoms with E-state index in [4.69, 9.17) is 17.0 Å². The Morgan fingerprint density at radius 3 is 2.74 bits per heavy atom. The lowest BCUT2D eigenvalue weighted by atomic mass is 10.2. The van der Waals surface area contributed by atoms with Crippen LogP contribution in [0.4, 0.5) is 0 Å². The summed E-state index contributed by atoms with van der Waals surface area (Å²) >= 11 is 5.25. The number of thiocarbonyl (C=S) groups is 1. The van der Waals surface area contributed by atoms with E-state index in [0.717, 1.165) is 0 Å². The molecule has 8 heteroatoms. The van der Waals surface area contributed by atoms with E-state index in [0.29, 0.717) is 11.3 Å². The van der Waals surface area contributed by atoms with Crippen LogP contribution in [0, 0.1) is 0 Å². The number of ether oxygens (including phenoxy) is 1. The number of H-pyrrole nitrogens is 1. The highest BCUT2D eigenvalue weighted by Crippen LogP contribution is 2.09. The molecule has 0 atom stereocenters. The summed E-state index contributed by atoms with van der Waals surface area (Å²) in [6.45, 7) is 1.87. The Labute approximate surface area is 160 Å². The molecule has 2 aromatic heterocycles. The molecule has 0 aliphatic heterocycles. The van der Waals surface area contributed by atoms with Gasteiger partial charge < -0.3 is 4.74 Å². The van der Waals surface area contributed by atoms with Crippen LogP contribution in [0.25, 0.3) is 5.69 Å². The Balaban J connectivity index is 2.03. The highest BCUT2D eigenvalue weighted by molar-refractivity contribution is 7.80. The highest BCUT2D eigenvalue weighted by Gasteiger charge is 2.21. The van der Waals surface area contributed by atoms with Crippen LogP contribution in [0.5, 0.6) is 0 Å². The fourth-order valence-electron chi connectivity index (χ4n) is 2.37. The standard InChI is InChI=1S/C19H16N4O3S/c1-2-26-19(25)16-15(12-21-17(27)13-7-6-10-20-11-13)18(24)23(22-16)14-8-4-3-5-9-14/h3-12,22H,2H2,1H3. The molecule has 0 saturated heterocycles. The van der Waals surface area contributed by atoms with Crippen molar-refractivity contribution in [1.29, 1.82) is 0 Å². The number of rotatable bonds is 5. The second kappa shape index (κ2) is 8.33. The Morgan fingerprint density at radius 1 is 1.30 bits per heavy atom. The number of hydrogen-bond acceptors (Lipinski definition) is 5. The van der Waals surface area contributed by atoms with Gasteiger partial charge in [0.2, 0.25) is 0 Å². The van der Waals surface area contributed by atoms with Gasteiger partial charge in [-0.15, -0.1) is 0 Å². The van der Waals surface area contributed by atoms with Crippen LogP contribution in [0.1, 0.15) is 28.5 Å². The van der Waals surface area contributed by atoms with E-state index >= 15 is 0 Å². The van der Waals surface area contributed by atoms with Gasteiger partial charge in [0.25, 0.3) is 5.56 Å². The fraction of sp³-hybridized carbons (Fsp3) is 0.105. The number of aliphatic imine (C=N–C) groups is 1. The van der Waals surface area contributed by atoms with Gasteiger partial charge in [-0.3, -0.25) is 14.9 Å². The van der Waals surface area contributed by atoms with E-state index < -0.39 is 11.5 Å². The van der Waals surface area contributed by atoms with Crippen molar-refractivity contribution in [3.05, 3.63) is 82.0 Å². The number of pyridine rings is 1. The zero-order chi connectivity index (χ0) is 19.2. The van der Waals surface area contributed by atoms with Crippen molar-refractivity contribution in [3.63, 3.8) is 0 Å². The van der Waals surface area contributed by atoms with Crippen LogP contribution in [-0.2, 0) is 4.74 Å². The van der Waals surface area contributed by atoms with E-state index in [1.165, 1.54) is 10.9 Å². The van der Waals surface area contributed by atoms with Crippen molar-refractivity contribution in [2.75, 3.05) is 6.61 Å². The highest BCUT2D eigenvalue weighted by atomic mass is 32.1. The third kappa shape index (κ3) is 4.06. The van der Waals surface area contributed by atoms with Crippen molar-refractivity contribution in [2.24, 2.45) is 4.99 Å². The molecule has 1 aromatic carbocycles. The maximum atomic E-state index is 12.8. The van der Waals surface area contributed by atoms with Crippen molar-refractivity contribution in [3.8, 4) is 5.69 Å². The number of benzene rings is 1. The summed E-state index contributed by atoms with van der Waals surface area (Å²) in [6.07, 6.45) is 4.48. The summed E-state index contributed by atoms with van der Waals surface area (Å²) in [5.41, 5.74) is 0.886. The average Bonchev–Trinajstić information content (AvgIpc) is 3.04. The Bertz CT molecular complexity index is 1040. The van der Waals surface area contributed by atoms with Gasteiger partial charge in [-0.2, -0.15) is 0 Å². The number of aromatic nitrogens is 3. The first-order valence-corrected chi connectivity index (χ1v) is 8.58. The number of nitrogens with one attached hydrogen (secondary N) is 1. The van der Waals surface area contributed by atoms with Gasteiger partial charge in [-0.05, 0) is 31.2 Å². The predicted octanol–water partition coefficient (Wildman–Crippen LogP) is 2.53. The summed E-state index contributed by atoms with van der Waals surface area (Å²) in [6, 6.07) is 12.4. The van der Waals surface area contributed by atoms with Crippen LogP contribution in [0.3, 0.4) is 0 Å². The zero-order valence-corrected chi connectivity index (χ0v) is 15.3. The minimum absolute atomic E-state index is 0.0171. The first-order valence-electron chi connectivity index (χ1n) is 8.17. The molecule has 0 aliphatic rings. The lowest BCUT2D eigenvalue weighted by Crippen LogP contribution is -2.17. The van der Waals surface area contributed by atoms with Gasteiger partial charge in [0.1, 0.15) is 4.99 Å². The molecule has 27 heavy (non-hydrogen) atoms. The summed E-state index contributed by atoms with van der Waals surface area (Å²) in [5.74, 6) is -0.641. The number of carbonyl (C=O) groups is 1. The van der Waals surface area contributed by atoms with Gasteiger partial charge in [0.05, 0.1) is 17.9 Å². The Kier molecular flexibility index (Phi) is 5.68. The SMILES string of the molecule is CCOC(=O)c1[nH]n(-c2ccccc2)c(=O)c1C=NC(=S)c1cccnc1. The lowest BCUT2D eigenvalue weighted by Gasteiger charge is -2.01. The van der Waals surface area contributed by atoms with E-state index in [2.05, 4.69) is 15.1 Å². The zero-order valence-electron chi connectivity index (χ0n) is 14.5. The first kappa shape index (κ1) is 18.4. The molecule has 0 aliphatic carbocycles. The summed E-state index contributed by atoms with van der Waals surface area (Å²) in [4.78, 5) is 33.5. The molecule has 0 fully saturated rings. The molecule has 2 heterocycles. The summed E-state index contributed by atoms with van der Waals surface area (Å²) < 4.78 is 6.30. The molecule has 136 valence electrons. The van der Waals surface area contributed by atoms with Crippen LogP contribution in [-0.4, -0.2) is 38.5 Å². The van der Waals surface area contributed by atoms with Crippen LogP contribution in [0.2, 0.25) is 0 Å². The predicted molar refractivity (Wildman–Crippen MR) is 106 cm³/mol. The van der Waals surface area contributed by atoms with Gasteiger partial charge in [-0.1, -0.05) is 30.4 Å². The third-order valence-electron chi connectivity index (χ3n) is 3.64. The topological polar surface area (TPSA) is 89.3 Å². The largest absolute Gasteiger partial charge is 0.461 e. The van der Waals surface area contributed by atoms with E-state index in [9.17, 15) is 9.59 Å². The minimum atomic E-state index is -0.641. The molecule has 1 N–H and O–H groups in total. The van der Waals surface area contributed by atoms with Gasteiger partial charge in [-0.25, -0.2) is 14.5 Å². The molecule has 0 amide bonds. The number of carbonyl (C=O) groups excluding carboxylic acids is 1. The second-order valence-electron chi connectivity index (χ2n) is 5.40. The third-order valence-corrected chi connectivity index (χ3v) is 3.98. The van der Waals surface area contributed by atoms with Crippen molar-refractivity contribution in [1.82, 2.24) is 14.8 Å². The normalized spacial score (nSPS) is 10.9. The fourth-order valence-corrected chi connectivity index (χ4v) is 2.55. The van der Waals surface area contributed by atoms with E-state index in [1.807, 2.05) is 6.07 Å². The van der Waals surface area contributed by atoms with E-state index in [1.54, 1.807) is 55.7 Å². The molecule has 0 spiro atoms. The Hall–Kier alpha value is -3.39. The van der Waals surface area contributed by atoms with Crippen LogP contribution >= 0.6 is 12.2 Å². The number of nitrogens with zero attached hydrogens (tertiary/aromatic N) is 3. The number of esters is 1. The molecular formula is C19H16N4O3S. The molecular weight excluding hydrogens is 364 g/mol. The van der Waals surface area contributed by atoms with Crippen molar-refractivity contribution < 1.29 is 9.53 Å². The molecule has 7 nitrogen and oxygen atoms in total. The maximum Gasteiger partial charge on any atom is 0.357 e. The molecule has 0 radical (unpaired) electrons. The van der Waals surface area contributed by atoms with Gasteiger partial charge in [0.15, 0.2) is 5.69 Å². The number of hydrogen-bond donors (Lipinski definition) is 1. The minimum Gasteiger partial charge on any atom is -0.461 e.